The third-order valence-corrected chi connectivity index (χ3v) is 5.64. The van der Waals surface area contributed by atoms with E-state index in [-0.39, 0.29) is 36.9 Å². The molecule has 7 nitrogen and oxygen atoms in total. The van der Waals surface area contributed by atoms with Crippen LogP contribution >= 0.6 is 0 Å². The molecule has 1 aromatic heterocycles. The van der Waals surface area contributed by atoms with Crippen molar-refractivity contribution in [2.24, 2.45) is 0 Å². The number of benzene rings is 1. The zero-order valence-corrected chi connectivity index (χ0v) is 20.6. The highest BCUT2D eigenvalue weighted by molar-refractivity contribution is 5.72. The van der Waals surface area contributed by atoms with Gasteiger partial charge in [-0.3, -0.25) is 0 Å². The molecule has 3 atom stereocenters. The van der Waals surface area contributed by atoms with Gasteiger partial charge in [0.25, 0.3) is 0 Å². The molecule has 1 aliphatic rings. The number of rotatable bonds is 10. The van der Waals surface area contributed by atoms with Crippen molar-refractivity contribution in [3.8, 4) is 11.5 Å². The lowest BCUT2D eigenvalue weighted by Gasteiger charge is -2.29. The highest BCUT2D eigenvalue weighted by Gasteiger charge is 2.35. The highest BCUT2D eigenvalue weighted by atomic mass is 19.4. The zero-order valence-electron chi connectivity index (χ0n) is 20.6. The van der Waals surface area contributed by atoms with Crippen molar-refractivity contribution < 1.29 is 41.7 Å². The molecule has 10 heteroatoms. The number of alkyl halides is 3. The summed E-state index contributed by atoms with van der Waals surface area (Å²) in [5.41, 5.74) is -0.439. The molecule has 196 valence electrons. The molecule has 1 aromatic carbocycles. The van der Waals surface area contributed by atoms with E-state index in [0.717, 1.165) is 25.3 Å². The van der Waals surface area contributed by atoms with E-state index in [2.05, 4.69) is 4.98 Å². The highest BCUT2D eigenvalue weighted by Crippen LogP contribution is 2.37. The lowest BCUT2D eigenvalue weighted by atomic mass is 9.95. The van der Waals surface area contributed by atoms with Gasteiger partial charge >= 0.3 is 12.1 Å². The molecule has 1 heterocycles. The minimum Gasteiger partial charge on any atom is -0.479 e. The van der Waals surface area contributed by atoms with Crippen LogP contribution in [0.2, 0.25) is 0 Å². The SMILES string of the molecule is CC.CCc1oc(-c2ccccc2C(F)(F)F)nc1COC1CCCC(OCC(OC)C(=O)O)C1. The molecule has 35 heavy (non-hydrogen) atoms. The Labute approximate surface area is 203 Å². The van der Waals surface area contributed by atoms with E-state index in [4.69, 9.17) is 23.7 Å². The first kappa shape index (κ1) is 28.8. The van der Waals surface area contributed by atoms with Crippen LogP contribution in [-0.2, 0) is 38.2 Å². The minimum absolute atomic E-state index is 0.0472. The normalized spacial score (nSPS) is 19.1. The van der Waals surface area contributed by atoms with E-state index in [0.29, 0.717) is 24.3 Å². The van der Waals surface area contributed by atoms with Crippen molar-refractivity contribution in [2.45, 2.75) is 84.0 Å². The van der Waals surface area contributed by atoms with Crippen LogP contribution in [0.1, 0.15) is 63.5 Å². The van der Waals surface area contributed by atoms with Gasteiger partial charge in [-0.2, -0.15) is 13.2 Å². The summed E-state index contributed by atoms with van der Waals surface area (Å²) in [6.07, 6.45) is -2.35. The molecule has 1 N–H and O–H groups in total. The van der Waals surface area contributed by atoms with Gasteiger partial charge < -0.3 is 23.7 Å². The minimum atomic E-state index is -4.52. The Morgan fingerprint density at radius 3 is 2.46 bits per heavy atom. The molecule has 0 amide bonds. The van der Waals surface area contributed by atoms with Crippen LogP contribution in [0, 0.1) is 0 Å². The Morgan fingerprint density at radius 2 is 1.86 bits per heavy atom. The van der Waals surface area contributed by atoms with E-state index >= 15 is 0 Å². The number of methoxy groups -OCH3 is 1. The average Bonchev–Trinajstić information content (AvgIpc) is 3.27. The summed E-state index contributed by atoms with van der Waals surface area (Å²) in [5.74, 6) is -0.681. The van der Waals surface area contributed by atoms with E-state index in [9.17, 15) is 18.0 Å². The number of carboxylic acids is 1. The van der Waals surface area contributed by atoms with Crippen LogP contribution in [-0.4, -0.2) is 48.1 Å². The van der Waals surface area contributed by atoms with Crippen LogP contribution in [0.15, 0.2) is 28.7 Å². The van der Waals surface area contributed by atoms with Gasteiger partial charge in [-0.1, -0.05) is 32.9 Å². The second-order valence-electron chi connectivity index (χ2n) is 7.90. The Kier molecular flexibility index (Phi) is 11.2. The third kappa shape index (κ3) is 8.05. The zero-order chi connectivity index (χ0) is 26.0. The van der Waals surface area contributed by atoms with Crippen molar-refractivity contribution in [3.63, 3.8) is 0 Å². The fourth-order valence-corrected chi connectivity index (χ4v) is 3.87. The first-order chi connectivity index (χ1) is 16.7. The topological polar surface area (TPSA) is 91.0 Å². The number of hydrogen-bond acceptors (Lipinski definition) is 6. The van der Waals surface area contributed by atoms with Crippen LogP contribution in [0.5, 0.6) is 0 Å². The lowest BCUT2D eigenvalue weighted by molar-refractivity contribution is -0.155. The Morgan fingerprint density at radius 1 is 1.20 bits per heavy atom. The van der Waals surface area contributed by atoms with Gasteiger partial charge in [-0.25, -0.2) is 9.78 Å². The quantitative estimate of drug-likeness (QED) is 0.434. The van der Waals surface area contributed by atoms with Crippen LogP contribution in [0.3, 0.4) is 0 Å². The molecule has 0 bridgehead atoms. The first-order valence-electron chi connectivity index (χ1n) is 11.9. The fraction of sp³-hybridized carbons (Fsp3) is 0.600. The van der Waals surface area contributed by atoms with Gasteiger partial charge in [0.05, 0.1) is 31.0 Å². The van der Waals surface area contributed by atoms with E-state index in [1.807, 2.05) is 20.8 Å². The van der Waals surface area contributed by atoms with E-state index in [1.165, 1.54) is 25.3 Å². The molecular formula is C25H34F3NO6. The van der Waals surface area contributed by atoms with Crippen molar-refractivity contribution in [1.82, 2.24) is 4.98 Å². The molecule has 1 saturated carbocycles. The van der Waals surface area contributed by atoms with Gasteiger partial charge in [0.2, 0.25) is 5.89 Å². The van der Waals surface area contributed by atoms with Gasteiger partial charge in [-0.15, -0.1) is 0 Å². The molecule has 0 saturated heterocycles. The molecule has 0 radical (unpaired) electrons. The Hall–Kier alpha value is -2.43. The standard InChI is InChI=1S/C23H28F3NO6.C2H6/c1-3-19-18(27-21(33-19)16-9-4-5-10-17(16)23(24,25)26)12-31-14-7-6-8-15(11-14)32-13-20(30-2)22(28)29;1-2/h4-5,9-10,14-15,20H,3,6-8,11-13H2,1-2H3,(H,28,29);1-2H3. The first-order valence-corrected chi connectivity index (χ1v) is 11.9. The smallest absolute Gasteiger partial charge is 0.417 e. The number of hydrogen-bond donors (Lipinski definition) is 1. The molecule has 3 unspecified atom stereocenters. The number of aliphatic carboxylic acids is 1. The van der Waals surface area contributed by atoms with Gasteiger partial charge in [0.15, 0.2) is 6.10 Å². The number of oxazole rings is 1. The summed E-state index contributed by atoms with van der Waals surface area (Å²) >= 11 is 0. The number of carbonyl (C=O) groups is 1. The Balaban J connectivity index is 0.00000210. The number of nitrogens with zero attached hydrogens (tertiary/aromatic N) is 1. The molecule has 0 aliphatic heterocycles. The number of halogens is 3. The second kappa shape index (κ2) is 13.6. The summed E-state index contributed by atoms with van der Waals surface area (Å²) in [6, 6.07) is 5.18. The molecule has 1 fully saturated rings. The number of aromatic nitrogens is 1. The predicted molar refractivity (Wildman–Crippen MR) is 123 cm³/mol. The van der Waals surface area contributed by atoms with E-state index < -0.39 is 23.8 Å². The maximum absolute atomic E-state index is 13.4. The lowest BCUT2D eigenvalue weighted by Crippen LogP contribution is -2.34. The van der Waals surface area contributed by atoms with Crippen molar-refractivity contribution in [3.05, 3.63) is 41.3 Å². The second-order valence-corrected chi connectivity index (χ2v) is 7.90. The molecule has 0 spiro atoms. The largest absolute Gasteiger partial charge is 0.479 e. The van der Waals surface area contributed by atoms with Crippen molar-refractivity contribution in [2.75, 3.05) is 13.7 Å². The Bertz CT molecular complexity index is 930. The fourth-order valence-electron chi connectivity index (χ4n) is 3.87. The number of ether oxygens (including phenoxy) is 3. The maximum atomic E-state index is 13.4. The predicted octanol–water partition coefficient (Wildman–Crippen LogP) is 5.89. The van der Waals surface area contributed by atoms with Crippen LogP contribution in [0.4, 0.5) is 13.2 Å². The molecular weight excluding hydrogens is 467 g/mol. The summed E-state index contributed by atoms with van der Waals surface area (Å²) in [7, 11) is 1.32. The van der Waals surface area contributed by atoms with Crippen LogP contribution in [0.25, 0.3) is 11.5 Å². The van der Waals surface area contributed by atoms with Gasteiger partial charge in [0, 0.05) is 19.1 Å². The van der Waals surface area contributed by atoms with Crippen LogP contribution < -0.4 is 0 Å². The summed E-state index contributed by atoms with van der Waals surface area (Å²) < 4.78 is 62.4. The molecule has 1 aliphatic carbocycles. The average molecular weight is 502 g/mol. The third-order valence-electron chi connectivity index (χ3n) is 5.64. The van der Waals surface area contributed by atoms with Crippen molar-refractivity contribution >= 4 is 5.97 Å². The summed E-state index contributed by atoms with van der Waals surface area (Å²) in [6.45, 7) is 5.89. The molecule has 3 rings (SSSR count). The van der Waals surface area contributed by atoms with Gasteiger partial charge in [-0.05, 0) is 37.8 Å². The summed E-state index contributed by atoms with van der Waals surface area (Å²) in [4.78, 5) is 15.4. The maximum Gasteiger partial charge on any atom is 0.417 e. The molecule has 2 aromatic rings. The monoisotopic (exact) mass is 501 g/mol. The number of aryl methyl sites for hydroxylation is 1. The van der Waals surface area contributed by atoms with Crippen molar-refractivity contribution in [1.29, 1.82) is 0 Å². The van der Waals surface area contributed by atoms with E-state index in [1.54, 1.807) is 0 Å². The summed E-state index contributed by atoms with van der Waals surface area (Å²) in [5, 5.41) is 9.05. The van der Waals surface area contributed by atoms with Gasteiger partial charge in [0.1, 0.15) is 11.5 Å². The number of carboxylic acid groups (broad SMARTS) is 1.